The molecular formula is C17H26N2O. The highest BCUT2D eigenvalue weighted by atomic mass is 16.5. The first kappa shape index (κ1) is 14.1. The third kappa shape index (κ3) is 3.40. The van der Waals surface area contributed by atoms with E-state index < -0.39 is 0 Å². The molecule has 0 bridgehead atoms. The number of hydrogen-bond acceptors (Lipinski definition) is 3. The molecule has 2 aliphatic rings. The number of benzene rings is 1. The van der Waals surface area contributed by atoms with Gasteiger partial charge in [0.15, 0.2) is 0 Å². The molecule has 0 aromatic heterocycles. The van der Waals surface area contributed by atoms with Gasteiger partial charge in [-0.1, -0.05) is 31.2 Å². The van der Waals surface area contributed by atoms with E-state index >= 15 is 0 Å². The SMILES string of the molecule is CCNCC1CCC(CN2CCc3ccccc3C2)O1. The molecule has 3 heteroatoms. The molecule has 2 heterocycles. The quantitative estimate of drug-likeness (QED) is 0.891. The van der Waals surface area contributed by atoms with Crippen LogP contribution in [0.25, 0.3) is 0 Å². The molecule has 1 aromatic rings. The van der Waals surface area contributed by atoms with Crippen molar-refractivity contribution in [2.45, 2.75) is 44.9 Å². The Kier molecular flexibility index (Phi) is 4.71. The third-order valence-corrected chi connectivity index (χ3v) is 4.49. The zero-order valence-corrected chi connectivity index (χ0v) is 12.5. The molecule has 1 N–H and O–H groups in total. The number of hydrogen-bond donors (Lipinski definition) is 1. The molecule has 1 aromatic carbocycles. The lowest BCUT2D eigenvalue weighted by Gasteiger charge is -2.30. The Morgan fingerprint density at radius 1 is 1.20 bits per heavy atom. The van der Waals surface area contributed by atoms with Crippen LogP contribution in [0.3, 0.4) is 0 Å². The van der Waals surface area contributed by atoms with E-state index in [0.29, 0.717) is 12.2 Å². The van der Waals surface area contributed by atoms with E-state index in [-0.39, 0.29) is 0 Å². The van der Waals surface area contributed by atoms with Crippen molar-refractivity contribution in [2.24, 2.45) is 0 Å². The molecule has 0 amide bonds. The highest BCUT2D eigenvalue weighted by Gasteiger charge is 2.27. The molecule has 3 rings (SSSR count). The van der Waals surface area contributed by atoms with E-state index in [0.717, 1.165) is 26.2 Å². The number of likely N-dealkylation sites (N-methyl/N-ethyl adjacent to an activating group) is 1. The van der Waals surface area contributed by atoms with Crippen molar-refractivity contribution in [3.63, 3.8) is 0 Å². The molecular weight excluding hydrogens is 248 g/mol. The van der Waals surface area contributed by atoms with Crippen molar-refractivity contribution in [1.82, 2.24) is 10.2 Å². The van der Waals surface area contributed by atoms with Crippen LogP contribution in [0.2, 0.25) is 0 Å². The molecule has 1 saturated heterocycles. The van der Waals surface area contributed by atoms with E-state index in [1.807, 2.05) is 0 Å². The largest absolute Gasteiger partial charge is 0.372 e. The van der Waals surface area contributed by atoms with Crippen molar-refractivity contribution >= 4 is 0 Å². The van der Waals surface area contributed by atoms with E-state index in [4.69, 9.17) is 4.74 Å². The van der Waals surface area contributed by atoms with Gasteiger partial charge in [-0.2, -0.15) is 0 Å². The van der Waals surface area contributed by atoms with Gasteiger partial charge in [-0.25, -0.2) is 0 Å². The van der Waals surface area contributed by atoms with Crippen LogP contribution in [0.1, 0.15) is 30.9 Å². The molecule has 110 valence electrons. The molecule has 0 radical (unpaired) electrons. The minimum absolute atomic E-state index is 0.428. The van der Waals surface area contributed by atoms with Crippen LogP contribution in [-0.4, -0.2) is 43.3 Å². The van der Waals surface area contributed by atoms with Gasteiger partial charge in [0.2, 0.25) is 0 Å². The van der Waals surface area contributed by atoms with E-state index in [1.165, 1.54) is 36.9 Å². The lowest BCUT2D eigenvalue weighted by atomic mass is 9.99. The van der Waals surface area contributed by atoms with Crippen molar-refractivity contribution in [3.05, 3.63) is 35.4 Å². The molecule has 0 saturated carbocycles. The fraction of sp³-hybridized carbons (Fsp3) is 0.647. The summed E-state index contributed by atoms with van der Waals surface area (Å²) < 4.78 is 6.15. The van der Waals surface area contributed by atoms with Gasteiger partial charge < -0.3 is 10.1 Å². The van der Waals surface area contributed by atoms with Gasteiger partial charge in [-0.05, 0) is 36.9 Å². The summed E-state index contributed by atoms with van der Waals surface area (Å²) in [6, 6.07) is 8.84. The Morgan fingerprint density at radius 2 is 2.00 bits per heavy atom. The highest BCUT2D eigenvalue weighted by molar-refractivity contribution is 5.29. The summed E-state index contributed by atoms with van der Waals surface area (Å²) in [6.07, 6.45) is 4.47. The average molecular weight is 274 g/mol. The summed E-state index contributed by atoms with van der Waals surface area (Å²) in [5.41, 5.74) is 3.03. The Labute approximate surface area is 122 Å². The van der Waals surface area contributed by atoms with E-state index in [2.05, 4.69) is 41.4 Å². The van der Waals surface area contributed by atoms with Gasteiger partial charge in [0, 0.05) is 26.2 Å². The lowest BCUT2D eigenvalue weighted by molar-refractivity contribution is 0.0210. The fourth-order valence-electron chi connectivity index (χ4n) is 3.37. The van der Waals surface area contributed by atoms with Crippen molar-refractivity contribution < 1.29 is 4.74 Å². The van der Waals surface area contributed by atoms with E-state index in [9.17, 15) is 0 Å². The van der Waals surface area contributed by atoms with E-state index in [1.54, 1.807) is 0 Å². The van der Waals surface area contributed by atoms with Gasteiger partial charge in [0.1, 0.15) is 0 Å². The Hall–Kier alpha value is -0.900. The maximum atomic E-state index is 6.15. The first-order chi connectivity index (χ1) is 9.85. The maximum Gasteiger partial charge on any atom is 0.0707 e. The minimum atomic E-state index is 0.428. The average Bonchev–Trinajstić information content (AvgIpc) is 2.92. The molecule has 2 unspecified atom stereocenters. The van der Waals surface area contributed by atoms with Crippen LogP contribution in [0.15, 0.2) is 24.3 Å². The predicted octanol–water partition coefficient (Wildman–Crippen LogP) is 2.20. The Morgan fingerprint density at radius 3 is 2.85 bits per heavy atom. The first-order valence-electron chi connectivity index (χ1n) is 8.00. The smallest absolute Gasteiger partial charge is 0.0707 e. The maximum absolute atomic E-state index is 6.15. The Balaban J connectivity index is 1.48. The van der Waals surface area contributed by atoms with Crippen LogP contribution < -0.4 is 5.32 Å². The molecule has 2 atom stereocenters. The van der Waals surface area contributed by atoms with Gasteiger partial charge in [0.05, 0.1) is 12.2 Å². The van der Waals surface area contributed by atoms with Crippen LogP contribution in [-0.2, 0) is 17.7 Å². The monoisotopic (exact) mass is 274 g/mol. The Bertz CT molecular complexity index is 435. The summed E-state index contributed by atoms with van der Waals surface area (Å²) in [4.78, 5) is 2.56. The fourth-order valence-corrected chi connectivity index (χ4v) is 3.37. The van der Waals surface area contributed by atoms with Crippen LogP contribution in [0.4, 0.5) is 0 Å². The first-order valence-corrected chi connectivity index (χ1v) is 8.00. The van der Waals surface area contributed by atoms with Crippen molar-refractivity contribution in [1.29, 1.82) is 0 Å². The summed E-state index contributed by atoms with van der Waals surface area (Å²) in [5.74, 6) is 0. The molecule has 2 aliphatic heterocycles. The van der Waals surface area contributed by atoms with Crippen molar-refractivity contribution in [2.75, 3.05) is 26.2 Å². The van der Waals surface area contributed by atoms with Gasteiger partial charge >= 0.3 is 0 Å². The molecule has 20 heavy (non-hydrogen) atoms. The highest BCUT2D eigenvalue weighted by Crippen LogP contribution is 2.23. The molecule has 3 nitrogen and oxygen atoms in total. The zero-order valence-electron chi connectivity index (χ0n) is 12.5. The molecule has 0 spiro atoms. The third-order valence-electron chi connectivity index (χ3n) is 4.49. The molecule has 1 fully saturated rings. The van der Waals surface area contributed by atoms with Gasteiger partial charge in [0.25, 0.3) is 0 Å². The lowest BCUT2D eigenvalue weighted by Crippen LogP contribution is -2.37. The minimum Gasteiger partial charge on any atom is -0.372 e. The second-order valence-electron chi connectivity index (χ2n) is 6.02. The van der Waals surface area contributed by atoms with Gasteiger partial charge in [-0.15, -0.1) is 0 Å². The van der Waals surface area contributed by atoms with Crippen molar-refractivity contribution in [3.8, 4) is 0 Å². The second kappa shape index (κ2) is 6.70. The molecule has 0 aliphatic carbocycles. The number of ether oxygens (including phenoxy) is 1. The van der Waals surface area contributed by atoms with Gasteiger partial charge in [-0.3, -0.25) is 4.90 Å². The summed E-state index contributed by atoms with van der Waals surface area (Å²) >= 11 is 0. The number of nitrogens with one attached hydrogen (secondary N) is 1. The second-order valence-corrected chi connectivity index (χ2v) is 6.02. The predicted molar refractivity (Wildman–Crippen MR) is 81.9 cm³/mol. The summed E-state index contributed by atoms with van der Waals surface area (Å²) in [6.45, 7) is 7.56. The summed E-state index contributed by atoms with van der Waals surface area (Å²) in [5, 5.41) is 3.39. The zero-order chi connectivity index (χ0) is 13.8. The van der Waals surface area contributed by atoms with Crippen LogP contribution in [0, 0.1) is 0 Å². The number of rotatable bonds is 5. The normalized spacial score (nSPS) is 26.6. The van der Waals surface area contributed by atoms with Crippen LogP contribution in [0.5, 0.6) is 0 Å². The standard InChI is InChI=1S/C17H26N2O/c1-2-18-11-16-7-8-17(20-16)13-19-10-9-14-5-3-4-6-15(14)12-19/h3-6,16-18H,2,7-13H2,1H3. The number of nitrogens with zero attached hydrogens (tertiary/aromatic N) is 1. The summed E-state index contributed by atoms with van der Waals surface area (Å²) in [7, 11) is 0. The topological polar surface area (TPSA) is 24.5 Å². The number of fused-ring (bicyclic) bond motifs is 1. The van der Waals surface area contributed by atoms with Crippen LogP contribution >= 0.6 is 0 Å².